The third-order valence-electron chi connectivity index (χ3n) is 3.87. The molecule has 0 saturated heterocycles. The number of benzene rings is 1. The molecule has 0 saturated carbocycles. The van der Waals surface area contributed by atoms with Crippen molar-refractivity contribution in [3.8, 4) is 11.4 Å². The Kier molecular flexibility index (Phi) is 4.11. The number of rotatable bonds is 5. The Morgan fingerprint density at radius 1 is 1.12 bits per heavy atom. The molecule has 0 N–H and O–H groups in total. The quantitative estimate of drug-likeness (QED) is 0.531. The minimum absolute atomic E-state index is 0.131. The van der Waals surface area contributed by atoms with Crippen molar-refractivity contribution >= 4 is 5.82 Å². The van der Waals surface area contributed by atoms with Gasteiger partial charge in [0.05, 0.1) is 6.54 Å². The van der Waals surface area contributed by atoms with E-state index in [0.717, 1.165) is 23.5 Å². The maximum Gasteiger partial charge on any atom is 0.381 e. The van der Waals surface area contributed by atoms with Crippen LogP contribution in [0.25, 0.3) is 11.4 Å². The van der Waals surface area contributed by atoms with Gasteiger partial charge in [-0.1, -0.05) is 24.3 Å². The molecular weight excluding hydrogens is 308 g/mol. The molecule has 0 radical (unpaired) electrons. The minimum Gasteiger partial charge on any atom is -0.358 e. The fourth-order valence-electron chi connectivity index (χ4n) is 2.54. The molecule has 2 heterocycles. The molecule has 124 valence electrons. The van der Waals surface area contributed by atoms with Crippen molar-refractivity contribution in [2.24, 2.45) is 0 Å². The van der Waals surface area contributed by atoms with Crippen LogP contribution in [-0.4, -0.2) is 29.2 Å². The minimum atomic E-state index is -0.481. The molecular formula is C16H18N6O2. The van der Waals surface area contributed by atoms with Gasteiger partial charge in [-0.3, -0.25) is 4.68 Å². The fraction of sp³-hybridized carbons (Fsp3) is 0.312. The molecule has 0 bridgehead atoms. The van der Waals surface area contributed by atoms with Gasteiger partial charge in [-0.2, -0.15) is 5.10 Å². The van der Waals surface area contributed by atoms with E-state index in [0.29, 0.717) is 18.2 Å². The Hall–Kier alpha value is -3.03. The summed E-state index contributed by atoms with van der Waals surface area (Å²) < 4.78 is 3.62. The molecule has 3 rings (SSSR count). The van der Waals surface area contributed by atoms with E-state index >= 15 is 0 Å². The zero-order valence-electron chi connectivity index (χ0n) is 13.8. The first kappa shape index (κ1) is 15.9. The lowest BCUT2D eigenvalue weighted by molar-refractivity contribution is -0.389. The van der Waals surface area contributed by atoms with Gasteiger partial charge in [-0.15, -0.1) is 0 Å². The second-order valence-electron chi connectivity index (χ2n) is 5.53. The van der Waals surface area contributed by atoms with Gasteiger partial charge in [0.2, 0.25) is 5.82 Å². The average molecular weight is 326 g/mol. The molecule has 0 atom stereocenters. The normalized spacial score (nSPS) is 11.0. The van der Waals surface area contributed by atoms with Crippen molar-refractivity contribution in [2.45, 2.75) is 33.9 Å². The highest BCUT2D eigenvalue weighted by Crippen LogP contribution is 2.18. The van der Waals surface area contributed by atoms with Gasteiger partial charge >= 0.3 is 5.82 Å². The number of hydrogen-bond acceptors (Lipinski definition) is 5. The van der Waals surface area contributed by atoms with E-state index in [2.05, 4.69) is 15.1 Å². The van der Waals surface area contributed by atoms with Crippen LogP contribution in [0.3, 0.4) is 0 Å². The Labute approximate surface area is 138 Å². The summed E-state index contributed by atoms with van der Waals surface area (Å²) >= 11 is 0. The molecule has 1 aromatic carbocycles. The number of aromatic nitrogens is 5. The largest absolute Gasteiger partial charge is 0.381 e. The first-order valence-corrected chi connectivity index (χ1v) is 7.67. The van der Waals surface area contributed by atoms with Crippen LogP contribution < -0.4 is 0 Å². The Balaban J connectivity index is 1.80. The molecule has 8 nitrogen and oxygen atoms in total. The molecule has 2 aromatic heterocycles. The van der Waals surface area contributed by atoms with Crippen LogP contribution in [0.2, 0.25) is 0 Å². The molecule has 24 heavy (non-hydrogen) atoms. The van der Waals surface area contributed by atoms with E-state index in [1.165, 1.54) is 6.20 Å². The first-order valence-electron chi connectivity index (χ1n) is 7.67. The maximum absolute atomic E-state index is 10.8. The highest BCUT2D eigenvalue weighted by molar-refractivity contribution is 5.55. The third kappa shape index (κ3) is 3.03. The monoisotopic (exact) mass is 326 g/mol. The van der Waals surface area contributed by atoms with Gasteiger partial charge in [0.15, 0.2) is 5.82 Å². The molecule has 0 fully saturated rings. The van der Waals surface area contributed by atoms with Crippen LogP contribution in [0.15, 0.2) is 30.5 Å². The standard InChI is InChI=1S/C16H18N6O2/c1-4-21-12(3)18-16(19-21)14-7-5-13(6-8-14)9-20-10-15(22(23)24)17-11(20)2/h5-8,10H,4,9H2,1-3H3. The predicted molar refractivity (Wildman–Crippen MR) is 88.6 cm³/mol. The van der Waals surface area contributed by atoms with Crippen LogP contribution in [-0.2, 0) is 13.1 Å². The second kappa shape index (κ2) is 6.23. The Morgan fingerprint density at radius 3 is 2.38 bits per heavy atom. The highest BCUT2D eigenvalue weighted by Gasteiger charge is 2.15. The van der Waals surface area contributed by atoms with Crippen molar-refractivity contribution in [2.75, 3.05) is 0 Å². The van der Waals surface area contributed by atoms with Crippen molar-refractivity contribution in [3.63, 3.8) is 0 Å². The number of nitrogens with zero attached hydrogens (tertiary/aromatic N) is 6. The van der Waals surface area contributed by atoms with Gasteiger partial charge in [-0.05, 0) is 29.3 Å². The van der Waals surface area contributed by atoms with Crippen LogP contribution in [0, 0.1) is 24.0 Å². The van der Waals surface area contributed by atoms with E-state index < -0.39 is 4.92 Å². The average Bonchev–Trinajstić information content (AvgIpc) is 3.11. The fourth-order valence-corrected chi connectivity index (χ4v) is 2.54. The summed E-state index contributed by atoms with van der Waals surface area (Å²) in [6.07, 6.45) is 1.46. The predicted octanol–water partition coefficient (Wildman–Crippen LogP) is 2.73. The summed E-state index contributed by atoms with van der Waals surface area (Å²) in [6, 6.07) is 7.88. The highest BCUT2D eigenvalue weighted by atomic mass is 16.6. The van der Waals surface area contributed by atoms with Crippen LogP contribution in [0.4, 0.5) is 5.82 Å². The van der Waals surface area contributed by atoms with Gasteiger partial charge in [-0.25, -0.2) is 4.98 Å². The molecule has 0 aliphatic heterocycles. The van der Waals surface area contributed by atoms with E-state index in [9.17, 15) is 10.1 Å². The summed E-state index contributed by atoms with van der Waals surface area (Å²) in [4.78, 5) is 18.7. The molecule has 0 aliphatic rings. The molecule has 8 heteroatoms. The lowest BCUT2D eigenvalue weighted by Gasteiger charge is -2.04. The van der Waals surface area contributed by atoms with Gasteiger partial charge in [0.25, 0.3) is 0 Å². The topological polar surface area (TPSA) is 91.7 Å². The van der Waals surface area contributed by atoms with Crippen LogP contribution >= 0.6 is 0 Å². The van der Waals surface area contributed by atoms with Crippen LogP contribution in [0.1, 0.15) is 24.1 Å². The SMILES string of the molecule is CCn1nc(-c2ccc(Cn3cc([N+](=O)[O-])nc3C)cc2)nc1C. The lowest BCUT2D eigenvalue weighted by Crippen LogP contribution is -2.00. The molecule has 3 aromatic rings. The zero-order valence-corrected chi connectivity index (χ0v) is 13.8. The Morgan fingerprint density at radius 2 is 1.83 bits per heavy atom. The smallest absolute Gasteiger partial charge is 0.358 e. The number of imidazole rings is 1. The molecule has 0 amide bonds. The summed E-state index contributed by atoms with van der Waals surface area (Å²) in [6.45, 7) is 7.04. The second-order valence-corrected chi connectivity index (χ2v) is 5.53. The summed E-state index contributed by atoms with van der Waals surface area (Å²) in [5.74, 6) is 2.08. The van der Waals surface area contributed by atoms with E-state index in [1.54, 1.807) is 11.5 Å². The third-order valence-corrected chi connectivity index (χ3v) is 3.87. The van der Waals surface area contributed by atoms with Crippen molar-refractivity contribution < 1.29 is 4.92 Å². The summed E-state index contributed by atoms with van der Waals surface area (Å²) in [5.41, 5.74) is 1.98. The van der Waals surface area contributed by atoms with E-state index in [-0.39, 0.29) is 5.82 Å². The van der Waals surface area contributed by atoms with Gasteiger partial charge in [0.1, 0.15) is 12.0 Å². The van der Waals surface area contributed by atoms with Crippen molar-refractivity contribution in [1.82, 2.24) is 24.3 Å². The lowest BCUT2D eigenvalue weighted by atomic mass is 10.1. The van der Waals surface area contributed by atoms with E-state index in [1.807, 2.05) is 42.8 Å². The van der Waals surface area contributed by atoms with Gasteiger partial charge in [0, 0.05) is 19.0 Å². The van der Waals surface area contributed by atoms with Gasteiger partial charge < -0.3 is 14.7 Å². The Bertz CT molecular complexity index is 879. The molecule has 0 unspecified atom stereocenters. The first-order chi connectivity index (χ1) is 11.5. The summed E-state index contributed by atoms with van der Waals surface area (Å²) in [5, 5.41) is 15.3. The number of nitro groups is 1. The maximum atomic E-state index is 10.8. The van der Waals surface area contributed by atoms with Crippen molar-refractivity contribution in [3.05, 3.63) is 57.8 Å². The zero-order chi connectivity index (χ0) is 17.3. The molecule has 0 spiro atoms. The van der Waals surface area contributed by atoms with E-state index in [4.69, 9.17) is 0 Å². The van der Waals surface area contributed by atoms with Crippen LogP contribution in [0.5, 0.6) is 0 Å². The number of hydrogen-bond donors (Lipinski definition) is 0. The number of aryl methyl sites for hydroxylation is 3. The summed E-state index contributed by atoms with van der Waals surface area (Å²) in [7, 11) is 0. The van der Waals surface area contributed by atoms with Crippen molar-refractivity contribution in [1.29, 1.82) is 0 Å². The molecule has 0 aliphatic carbocycles.